The average molecular weight is 473 g/mol. The normalized spacial score (nSPS) is 23.2. The fraction of sp³-hybridized carbons (Fsp3) is 0.478. The van der Waals surface area contributed by atoms with E-state index in [9.17, 15) is 9.59 Å². The minimum absolute atomic E-state index is 0.00845. The molecule has 0 aromatic carbocycles. The Balaban J connectivity index is 1.86. The fourth-order valence-corrected chi connectivity index (χ4v) is 5.38. The highest BCUT2D eigenvalue weighted by Gasteiger charge is 2.34. The van der Waals surface area contributed by atoms with E-state index >= 15 is 0 Å². The maximum Gasteiger partial charge on any atom is 0.267 e. The lowest BCUT2D eigenvalue weighted by Crippen LogP contribution is -2.46. The van der Waals surface area contributed by atoms with Gasteiger partial charge in [0.15, 0.2) is 0 Å². The average Bonchev–Trinajstić information content (AvgIpc) is 2.96. The van der Waals surface area contributed by atoms with Gasteiger partial charge in [-0.3, -0.25) is 18.9 Å². The van der Waals surface area contributed by atoms with Gasteiger partial charge < -0.3 is 9.64 Å². The first-order valence-corrected chi connectivity index (χ1v) is 12.0. The Morgan fingerprint density at radius 1 is 1.25 bits per heavy atom. The Morgan fingerprint density at radius 2 is 1.94 bits per heavy atom. The number of ether oxygens (including phenoxy) is 1. The number of morpholine rings is 1. The number of aromatic nitrogens is 2. The molecule has 2 unspecified atom stereocenters. The summed E-state index contributed by atoms with van der Waals surface area (Å²) in [7, 11) is 0. The molecule has 0 N–H and O–H groups in total. The summed E-state index contributed by atoms with van der Waals surface area (Å²) in [5, 5.41) is 0. The summed E-state index contributed by atoms with van der Waals surface area (Å²) in [6.07, 6.45) is 3.47. The maximum atomic E-state index is 13.6. The van der Waals surface area contributed by atoms with Crippen molar-refractivity contribution in [3.05, 3.63) is 44.7 Å². The maximum absolute atomic E-state index is 13.6. The monoisotopic (exact) mass is 472 g/mol. The van der Waals surface area contributed by atoms with Crippen LogP contribution in [-0.4, -0.2) is 56.4 Å². The second kappa shape index (κ2) is 8.96. The van der Waals surface area contributed by atoms with Crippen LogP contribution in [0.3, 0.4) is 0 Å². The third kappa shape index (κ3) is 4.46. The van der Waals surface area contributed by atoms with Gasteiger partial charge in [-0.15, -0.1) is 0 Å². The number of amides is 1. The van der Waals surface area contributed by atoms with Crippen molar-refractivity contribution in [1.82, 2.24) is 14.3 Å². The highest BCUT2D eigenvalue weighted by atomic mass is 32.2. The third-order valence-electron chi connectivity index (χ3n) is 5.40. The van der Waals surface area contributed by atoms with Crippen molar-refractivity contribution in [3.8, 4) is 0 Å². The van der Waals surface area contributed by atoms with E-state index in [2.05, 4.69) is 4.90 Å². The molecule has 2 aliphatic rings. The summed E-state index contributed by atoms with van der Waals surface area (Å²) in [5.41, 5.74) is 1.73. The molecule has 2 saturated heterocycles. The molecule has 0 saturated carbocycles. The molecule has 0 radical (unpaired) electrons. The van der Waals surface area contributed by atoms with E-state index in [1.807, 2.05) is 46.8 Å². The zero-order chi connectivity index (χ0) is 23.2. The minimum atomic E-state index is -0.199. The molecule has 32 heavy (non-hydrogen) atoms. The van der Waals surface area contributed by atoms with Crippen molar-refractivity contribution >= 4 is 51.7 Å². The van der Waals surface area contributed by atoms with Gasteiger partial charge in [0, 0.05) is 25.8 Å². The number of thioether (sulfide) groups is 1. The van der Waals surface area contributed by atoms with Gasteiger partial charge in [0.2, 0.25) is 0 Å². The van der Waals surface area contributed by atoms with Crippen LogP contribution >= 0.6 is 24.0 Å². The molecule has 9 heteroatoms. The molecule has 1 amide bonds. The summed E-state index contributed by atoms with van der Waals surface area (Å²) >= 11 is 6.69. The highest BCUT2D eigenvalue weighted by molar-refractivity contribution is 8.26. The number of carbonyl (C=O) groups excluding carboxylic acids is 1. The lowest BCUT2D eigenvalue weighted by atomic mass is 10.1. The van der Waals surface area contributed by atoms with Crippen LogP contribution in [0, 0.1) is 12.8 Å². The number of hydrogen-bond acceptors (Lipinski definition) is 7. The van der Waals surface area contributed by atoms with Gasteiger partial charge in [0.25, 0.3) is 11.5 Å². The predicted octanol–water partition coefficient (Wildman–Crippen LogP) is 3.47. The number of thiocarbonyl (C=S) groups is 1. The van der Waals surface area contributed by atoms with E-state index < -0.39 is 0 Å². The molecular weight excluding hydrogens is 444 g/mol. The molecule has 0 bridgehead atoms. The van der Waals surface area contributed by atoms with Crippen LogP contribution in [0.25, 0.3) is 11.7 Å². The number of carbonyl (C=O) groups is 1. The van der Waals surface area contributed by atoms with Crippen molar-refractivity contribution in [2.75, 3.05) is 24.5 Å². The van der Waals surface area contributed by atoms with Crippen molar-refractivity contribution in [2.24, 2.45) is 5.92 Å². The van der Waals surface area contributed by atoms with Gasteiger partial charge in [-0.1, -0.05) is 43.9 Å². The van der Waals surface area contributed by atoms with E-state index in [-0.39, 0.29) is 23.7 Å². The molecule has 7 nitrogen and oxygen atoms in total. The van der Waals surface area contributed by atoms with Crippen molar-refractivity contribution in [2.45, 2.75) is 46.8 Å². The summed E-state index contributed by atoms with van der Waals surface area (Å²) < 4.78 is 7.95. The van der Waals surface area contributed by atoms with Gasteiger partial charge in [0.05, 0.1) is 22.7 Å². The molecule has 2 aromatic heterocycles. The fourth-order valence-electron chi connectivity index (χ4n) is 4.12. The largest absolute Gasteiger partial charge is 0.372 e. The van der Waals surface area contributed by atoms with Crippen molar-refractivity contribution in [3.63, 3.8) is 0 Å². The van der Waals surface area contributed by atoms with E-state index in [1.165, 1.54) is 11.8 Å². The number of nitrogens with zero attached hydrogens (tertiary/aromatic N) is 4. The van der Waals surface area contributed by atoms with Crippen LogP contribution in [0.1, 0.15) is 38.8 Å². The summed E-state index contributed by atoms with van der Waals surface area (Å²) in [6, 6.07) is 3.78. The second-order valence-electron chi connectivity index (χ2n) is 8.94. The number of fused-ring (bicyclic) bond motifs is 1. The van der Waals surface area contributed by atoms with Gasteiger partial charge in [-0.25, -0.2) is 4.98 Å². The summed E-state index contributed by atoms with van der Waals surface area (Å²) in [6.45, 7) is 11.8. The van der Waals surface area contributed by atoms with Crippen molar-refractivity contribution < 1.29 is 9.53 Å². The van der Waals surface area contributed by atoms with Crippen LogP contribution in [0.5, 0.6) is 0 Å². The quantitative estimate of drug-likeness (QED) is 0.499. The highest BCUT2D eigenvalue weighted by Crippen LogP contribution is 2.34. The number of aryl methyl sites for hydroxylation is 1. The lowest BCUT2D eigenvalue weighted by molar-refractivity contribution is -0.122. The van der Waals surface area contributed by atoms with Crippen LogP contribution in [0.2, 0.25) is 0 Å². The Morgan fingerprint density at radius 3 is 2.59 bits per heavy atom. The standard InChI is InChI=1S/C23H28N4O3S2/c1-13(2)9-27-22(29)18(32-23(27)31)8-17-20(25-11-15(4)30-16(5)12-25)24-19-7-6-14(3)10-26(19)21(17)28/h6-8,10,13,15-16H,9,11-12H2,1-5H3. The smallest absolute Gasteiger partial charge is 0.267 e. The molecule has 2 aliphatic heterocycles. The molecule has 0 aliphatic carbocycles. The second-order valence-corrected chi connectivity index (χ2v) is 10.6. The van der Waals surface area contributed by atoms with Gasteiger partial charge in [-0.05, 0) is 44.4 Å². The van der Waals surface area contributed by atoms with Gasteiger partial charge in [0.1, 0.15) is 15.8 Å². The summed E-state index contributed by atoms with van der Waals surface area (Å²) in [4.78, 5) is 35.7. The SMILES string of the molecule is Cc1ccc2nc(N3CC(C)OC(C)C3)c(C=C3SC(=S)N(CC(C)C)C3=O)c(=O)n2c1. The number of hydrogen-bond donors (Lipinski definition) is 0. The molecule has 2 aromatic rings. The molecule has 2 atom stereocenters. The number of pyridine rings is 1. The first kappa shape index (κ1) is 22.9. The zero-order valence-electron chi connectivity index (χ0n) is 19.0. The Labute approximate surface area is 197 Å². The minimum Gasteiger partial charge on any atom is -0.372 e. The zero-order valence-corrected chi connectivity index (χ0v) is 20.6. The molecule has 2 fully saturated rings. The first-order valence-electron chi connectivity index (χ1n) is 10.8. The molecule has 4 heterocycles. The van der Waals surface area contributed by atoms with Gasteiger partial charge >= 0.3 is 0 Å². The van der Waals surface area contributed by atoms with E-state index in [0.717, 1.165) is 5.56 Å². The van der Waals surface area contributed by atoms with Crippen LogP contribution in [0.4, 0.5) is 5.82 Å². The Hall–Kier alpha value is -2.23. The number of anilines is 1. The van der Waals surface area contributed by atoms with Crippen LogP contribution in [0.15, 0.2) is 28.0 Å². The molecule has 170 valence electrons. The van der Waals surface area contributed by atoms with Crippen LogP contribution in [-0.2, 0) is 9.53 Å². The third-order valence-corrected chi connectivity index (χ3v) is 6.78. The summed E-state index contributed by atoms with van der Waals surface area (Å²) in [5.74, 6) is 0.715. The molecular formula is C23H28N4O3S2. The molecule has 4 rings (SSSR count). The van der Waals surface area contributed by atoms with Crippen LogP contribution < -0.4 is 10.5 Å². The van der Waals surface area contributed by atoms with E-state index in [1.54, 1.807) is 21.6 Å². The van der Waals surface area contributed by atoms with Gasteiger partial charge in [-0.2, -0.15) is 0 Å². The van der Waals surface area contributed by atoms with Crippen molar-refractivity contribution in [1.29, 1.82) is 0 Å². The Kier molecular flexibility index (Phi) is 6.42. The first-order chi connectivity index (χ1) is 15.1. The topological polar surface area (TPSA) is 67.2 Å². The lowest BCUT2D eigenvalue weighted by Gasteiger charge is -2.36. The van der Waals surface area contributed by atoms with E-state index in [0.29, 0.717) is 51.8 Å². The predicted molar refractivity (Wildman–Crippen MR) is 133 cm³/mol. The molecule has 0 spiro atoms. The number of rotatable bonds is 4. The Bertz CT molecular complexity index is 1160. The van der Waals surface area contributed by atoms with E-state index in [4.69, 9.17) is 21.9 Å².